The summed E-state index contributed by atoms with van der Waals surface area (Å²) < 4.78 is 12.8. The molecule has 2 nitrogen and oxygen atoms in total. The standard InChI is InChI=1S/C25H38O2S2.C2H6/c1-16-13-18(15-19(14-16)26-6)22(27-23(28)29-7)21-17(2)9-10-20-24(3,4)11-8-12-25(20,21)5;1-2/h13-15,17,20-22H,8-12H2,1-7H3;1-2H3. The molecule has 4 heteroatoms. The first-order valence-corrected chi connectivity index (χ1v) is 13.7. The van der Waals surface area contributed by atoms with Gasteiger partial charge in [0.2, 0.25) is 4.38 Å². The van der Waals surface area contributed by atoms with Crippen molar-refractivity contribution in [3.05, 3.63) is 29.3 Å². The number of thiocarbonyl (C=S) groups is 1. The molecule has 2 aliphatic carbocycles. The van der Waals surface area contributed by atoms with Crippen LogP contribution in [0.4, 0.5) is 0 Å². The molecule has 0 saturated heterocycles. The molecule has 0 amide bonds. The predicted octanol–water partition coefficient (Wildman–Crippen LogP) is 8.61. The first-order chi connectivity index (χ1) is 14.6. The van der Waals surface area contributed by atoms with E-state index in [9.17, 15) is 0 Å². The Kier molecular flexibility index (Phi) is 9.34. The number of methoxy groups -OCH3 is 1. The van der Waals surface area contributed by atoms with E-state index in [2.05, 4.69) is 52.8 Å². The molecule has 0 radical (unpaired) electrons. The molecule has 0 aliphatic heterocycles. The summed E-state index contributed by atoms with van der Waals surface area (Å²) in [5.74, 6) is 2.67. The largest absolute Gasteiger partial charge is 0.497 e. The zero-order valence-electron chi connectivity index (χ0n) is 21.2. The summed E-state index contributed by atoms with van der Waals surface area (Å²) in [6.45, 7) is 16.1. The Hall–Kier alpha value is -0.740. The second kappa shape index (κ2) is 10.9. The summed E-state index contributed by atoms with van der Waals surface area (Å²) >= 11 is 7.10. The summed E-state index contributed by atoms with van der Waals surface area (Å²) in [4.78, 5) is 0. The Morgan fingerprint density at radius 3 is 2.42 bits per heavy atom. The number of hydrogen-bond acceptors (Lipinski definition) is 4. The summed E-state index contributed by atoms with van der Waals surface area (Å²) in [7, 11) is 1.74. The SMILES string of the molecule is CC.COc1cc(C)cc(C(OC(=S)SC)C2C(C)CCC3C(C)(C)CCCC23C)c1. The number of ether oxygens (including phenoxy) is 2. The van der Waals surface area contributed by atoms with E-state index in [-0.39, 0.29) is 11.5 Å². The molecule has 0 heterocycles. The number of thioether (sulfide) groups is 1. The lowest BCUT2D eigenvalue weighted by Crippen LogP contribution is -2.53. The summed E-state index contributed by atoms with van der Waals surface area (Å²) in [5, 5.41) is 0. The molecule has 31 heavy (non-hydrogen) atoms. The normalized spacial score (nSPS) is 30.3. The monoisotopic (exact) mass is 464 g/mol. The van der Waals surface area contributed by atoms with Crippen molar-refractivity contribution in [2.24, 2.45) is 28.6 Å². The van der Waals surface area contributed by atoms with E-state index in [0.717, 1.165) is 11.7 Å². The topological polar surface area (TPSA) is 18.5 Å². The maximum absolute atomic E-state index is 6.57. The van der Waals surface area contributed by atoms with Crippen LogP contribution in [0.15, 0.2) is 18.2 Å². The Balaban J connectivity index is 0.00000166. The second-order valence-electron chi connectivity index (χ2n) is 10.3. The third-order valence-electron chi connectivity index (χ3n) is 7.91. The average Bonchev–Trinajstić information content (AvgIpc) is 2.72. The van der Waals surface area contributed by atoms with E-state index in [1.54, 1.807) is 7.11 Å². The number of fused-ring (bicyclic) bond motifs is 1. The molecule has 3 rings (SSSR count). The Morgan fingerprint density at radius 2 is 1.81 bits per heavy atom. The van der Waals surface area contributed by atoms with Crippen LogP contribution in [0.5, 0.6) is 5.75 Å². The van der Waals surface area contributed by atoms with Gasteiger partial charge in [-0.15, -0.1) is 0 Å². The first-order valence-electron chi connectivity index (χ1n) is 12.0. The van der Waals surface area contributed by atoms with Crippen molar-refractivity contribution in [2.75, 3.05) is 13.4 Å². The van der Waals surface area contributed by atoms with E-state index < -0.39 is 0 Å². The van der Waals surface area contributed by atoms with Crippen molar-refractivity contribution in [1.29, 1.82) is 0 Å². The zero-order chi connectivity index (χ0) is 23.4. The van der Waals surface area contributed by atoms with E-state index >= 15 is 0 Å². The summed E-state index contributed by atoms with van der Waals surface area (Å²) in [6.07, 6.45) is 8.50. The average molecular weight is 465 g/mol. The molecule has 0 spiro atoms. The first kappa shape index (κ1) is 26.5. The molecule has 5 unspecified atom stereocenters. The lowest BCUT2D eigenvalue weighted by atomic mass is 9.45. The molecular formula is C27H44O2S2. The minimum absolute atomic E-state index is 0.0274. The van der Waals surface area contributed by atoms with Crippen LogP contribution in [0.3, 0.4) is 0 Å². The predicted molar refractivity (Wildman–Crippen MR) is 140 cm³/mol. The third-order valence-corrected chi connectivity index (χ3v) is 8.94. The third kappa shape index (κ3) is 5.61. The number of hydrogen-bond donors (Lipinski definition) is 0. The maximum Gasteiger partial charge on any atom is 0.220 e. The molecule has 0 aromatic heterocycles. The van der Waals surface area contributed by atoms with E-state index in [4.69, 9.17) is 21.7 Å². The molecule has 176 valence electrons. The van der Waals surface area contributed by atoms with E-state index in [0.29, 0.717) is 21.6 Å². The minimum Gasteiger partial charge on any atom is -0.497 e. The molecule has 2 aliphatic rings. The van der Waals surface area contributed by atoms with Crippen LogP contribution in [0.2, 0.25) is 0 Å². The van der Waals surface area contributed by atoms with Crippen LogP contribution in [-0.4, -0.2) is 17.7 Å². The van der Waals surface area contributed by atoms with Gasteiger partial charge >= 0.3 is 0 Å². The van der Waals surface area contributed by atoms with Crippen molar-refractivity contribution in [1.82, 2.24) is 0 Å². The molecule has 0 bridgehead atoms. The number of rotatable bonds is 4. The van der Waals surface area contributed by atoms with Gasteiger partial charge < -0.3 is 9.47 Å². The number of aryl methyl sites for hydroxylation is 1. The lowest BCUT2D eigenvalue weighted by molar-refractivity contribution is -0.130. The zero-order valence-corrected chi connectivity index (χ0v) is 22.8. The van der Waals surface area contributed by atoms with E-state index in [1.807, 2.05) is 20.1 Å². The summed E-state index contributed by atoms with van der Waals surface area (Å²) in [6, 6.07) is 6.52. The molecule has 2 saturated carbocycles. The molecule has 5 atom stereocenters. The Morgan fingerprint density at radius 1 is 1.13 bits per heavy atom. The fourth-order valence-corrected chi connectivity index (χ4v) is 7.05. The highest BCUT2D eigenvalue weighted by Crippen LogP contribution is 2.64. The van der Waals surface area contributed by atoms with Crippen LogP contribution < -0.4 is 4.74 Å². The van der Waals surface area contributed by atoms with Gasteiger partial charge in [-0.05, 0) is 97.0 Å². The fourth-order valence-electron chi connectivity index (χ4n) is 6.75. The van der Waals surface area contributed by atoms with Crippen molar-refractivity contribution >= 4 is 28.4 Å². The van der Waals surface area contributed by atoms with Gasteiger partial charge in [0.25, 0.3) is 0 Å². The van der Waals surface area contributed by atoms with Crippen molar-refractivity contribution in [3.63, 3.8) is 0 Å². The molecular weight excluding hydrogens is 420 g/mol. The number of benzene rings is 1. The van der Waals surface area contributed by atoms with Gasteiger partial charge in [-0.25, -0.2) is 0 Å². The van der Waals surface area contributed by atoms with Gasteiger partial charge in [-0.2, -0.15) is 0 Å². The van der Waals surface area contributed by atoms with Crippen molar-refractivity contribution < 1.29 is 9.47 Å². The van der Waals surface area contributed by atoms with Crippen molar-refractivity contribution in [2.45, 2.75) is 86.7 Å². The Labute approximate surface area is 201 Å². The highest BCUT2D eigenvalue weighted by Gasteiger charge is 2.56. The van der Waals surface area contributed by atoms with Crippen LogP contribution in [0.1, 0.15) is 90.9 Å². The van der Waals surface area contributed by atoms with Crippen LogP contribution >= 0.6 is 24.0 Å². The maximum atomic E-state index is 6.57. The van der Waals surface area contributed by atoms with Crippen LogP contribution in [0, 0.1) is 35.5 Å². The molecule has 1 aromatic carbocycles. The minimum atomic E-state index is -0.0274. The quantitative estimate of drug-likeness (QED) is 0.415. The van der Waals surface area contributed by atoms with Crippen LogP contribution in [-0.2, 0) is 4.74 Å². The highest BCUT2D eigenvalue weighted by atomic mass is 32.2. The van der Waals surface area contributed by atoms with E-state index in [1.165, 1.54) is 55.0 Å². The molecule has 2 fully saturated rings. The smallest absolute Gasteiger partial charge is 0.220 e. The fraction of sp³-hybridized carbons (Fsp3) is 0.741. The molecule has 0 N–H and O–H groups in total. The van der Waals surface area contributed by atoms with Crippen LogP contribution in [0.25, 0.3) is 0 Å². The van der Waals surface area contributed by atoms with Gasteiger partial charge in [-0.3, -0.25) is 0 Å². The second-order valence-corrected chi connectivity index (χ2v) is 11.7. The van der Waals surface area contributed by atoms with Gasteiger partial charge in [-0.1, -0.05) is 65.8 Å². The van der Waals surface area contributed by atoms with Gasteiger partial charge in [0, 0.05) is 5.92 Å². The van der Waals surface area contributed by atoms with Gasteiger partial charge in [0.05, 0.1) is 7.11 Å². The Bertz CT molecular complexity index is 745. The summed E-state index contributed by atoms with van der Waals surface area (Å²) in [5.41, 5.74) is 3.06. The lowest BCUT2D eigenvalue weighted by Gasteiger charge is -2.60. The highest BCUT2D eigenvalue weighted by molar-refractivity contribution is 8.22. The van der Waals surface area contributed by atoms with Gasteiger partial charge in [0.1, 0.15) is 11.9 Å². The molecule has 1 aromatic rings. The van der Waals surface area contributed by atoms with Gasteiger partial charge in [0.15, 0.2) is 0 Å². The van der Waals surface area contributed by atoms with Crippen molar-refractivity contribution in [3.8, 4) is 5.75 Å².